The van der Waals surface area contributed by atoms with Crippen molar-refractivity contribution in [3.8, 4) is 5.75 Å². The number of nitrogens with zero attached hydrogens (tertiary/aromatic N) is 2. The molecule has 2 rings (SSSR count). The van der Waals surface area contributed by atoms with Crippen molar-refractivity contribution in [1.82, 2.24) is 4.98 Å². The standard InChI is InChI=1S/C9H8N2O2/c1-13-8-4-2-3-7-5-10-6-11(12)9(7)8/h2-6H,1H3. The average molecular weight is 176 g/mol. The third-order valence-electron chi connectivity index (χ3n) is 1.86. The van der Waals surface area contributed by atoms with Crippen LogP contribution in [-0.4, -0.2) is 12.1 Å². The number of ether oxygens (including phenoxy) is 1. The Labute approximate surface area is 75.0 Å². The lowest BCUT2D eigenvalue weighted by molar-refractivity contribution is -0.580. The van der Waals surface area contributed by atoms with E-state index in [9.17, 15) is 5.21 Å². The fourth-order valence-electron chi connectivity index (χ4n) is 1.28. The molecule has 0 saturated carbocycles. The molecule has 4 nitrogen and oxygen atoms in total. The normalized spacial score (nSPS) is 10.2. The molecule has 2 aromatic rings. The Morgan fingerprint density at radius 2 is 2.31 bits per heavy atom. The first kappa shape index (κ1) is 7.79. The summed E-state index contributed by atoms with van der Waals surface area (Å²) in [5, 5.41) is 12.1. The van der Waals surface area contributed by atoms with E-state index >= 15 is 0 Å². The molecule has 0 saturated heterocycles. The number of hydrogen-bond acceptors (Lipinski definition) is 3. The Hall–Kier alpha value is -1.84. The summed E-state index contributed by atoms with van der Waals surface area (Å²) in [6.45, 7) is 0. The van der Waals surface area contributed by atoms with E-state index in [-0.39, 0.29) is 0 Å². The van der Waals surface area contributed by atoms with Gasteiger partial charge in [0.2, 0.25) is 0 Å². The van der Waals surface area contributed by atoms with Crippen LogP contribution in [0, 0.1) is 5.21 Å². The van der Waals surface area contributed by atoms with E-state index in [1.165, 1.54) is 13.4 Å². The fourth-order valence-corrected chi connectivity index (χ4v) is 1.28. The number of para-hydroxylation sites is 1. The van der Waals surface area contributed by atoms with Crippen molar-refractivity contribution in [2.75, 3.05) is 7.11 Å². The van der Waals surface area contributed by atoms with Gasteiger partial charge in [0.25, 0.3) is 6.33 Å². The van der Waals surface area contributed by atoms with Gasteiger partial charge in [-0.05, 0) is 12.1 Å². The molecule has 1 heterocycles. The van der Waals surface area contributed by atoms with Gasteiger partial charge in [-0.3, -0.25) is 0 Å². The maximum atomic E-state index is 11.3. The molecular weight excluding hydrogens is 168 g/mol. The molecule has 1 aromatic heterocycles. The SMILES string of the molecule is COc1cccc2cnc[n+]([O-])c12. The van der Waals surface area contributed by atoms with Crippen LogP contribution in [0.5, 0.6) is 5.75 Å². The molecule has 0 amide bonds. The van der Waals surface area contributed by atoms with Crippen molar-refractivity contribution in [2.24, 2.45) is 0 Å². The Morgan fingerprint density at radius 3 is 3.08 bits per heavy atom. The van der Waals surface area contributed by atoms with Crippen LogP contribution in [-0.2, 0) is 0 Å². The number of benzene rings is 1. The summed E-state index contributed by atoms with van der Waals surface area (Å²) in [5.74, 6) is 0.565. The first-order valence-corrected chi connectivity index (χ1v) is 3.83. The molecular formula is C9H8N2O2. The van der Waals surface area contributed by atoms with Crippen molar-refractivity contribution in [3.05, 3.63) is 35.9 Å². The summed E-state index contributed by atoms with van der Waals surface area (Å²) in [5.41, 5.74) is 0.514. The smallest absolute Gasteiger partial charge is 0.289 e. The molecule has 4 heteroatoms. The second kappa shape index (κ2) is 2.90. The predicted molar refractivity (Wildman–Crippen MR) is 47.3 cm³/mol. The second-order valence-corrected chi connectivity index (χ2v) is 2.62. The van der Waals surface area contributed by atoms with E-state index in [1.54, 1.807) is 12.3 Å². The molecule has 0 fully saturated rings. The van der Waals surface area contributed by atoms with Crippen molar-refractivity contribution in [3.63, 3.8) is 0 Å². The number of fused-ring (bicyclic) bond motifs is 1. The highest BCUT2D eigenvalue weighted by Gasteiger charge is 2.06. The fraction of sp³-hybridized carbons (Fsp3) is 0.111. The van der Waals surface area contributed by atoms with Gasteiger partial charge in [0, 0.05) is 0 Å². The van der Waals surface area contributed by atoms with Crippen LogP contribution in [0.2, 0.25) is 0 Å². The highest BCUT2D eigenvalue weighted by atomic mass is 16.5. The number of methoxy groups -OCH3 is 1. The van der Waals surface area contributed by atoms with Gasteiger partial charge in [0.15, 0.2) is 17.5 Å². The van der Waals surface area contributed by atoms with Gasteiger partial charge >= 0.3 is 0 Å². The lowest BCUT2D eigenvalue weighted by Gasteiger charge is -2.07. The number of aromatic nitrogens is 2. The Kier molecular flexibility index (Phi) is 1.73. The zero-order valence-electron chi connectivity index (χ0n) is 7.10. The van der Waals surface area contributed by atoms with Crippen LogP contribution in [0.1, 0.15) is 0 Å². The maximum absolute atomic E-state index is 11.3. The van der Waals surface area contributed by atoms with Crippen molar-refractivity contribution in [2.45, 2.75) is 0 Å². The van der Waals surface area contributed by atoms with Gasteiger partial charge in [-0.15, -0.1) is 0 Å². The summed E-state index contributed by atoms with van der Waals surface area (Å²) in [6.07, 6.45) is 2.84. The molecule has 0 unspecified atom stereocenters. The molecule has 0 aliphatic rings. The molecule has 0 radical (unpaired) electrons. The van der Waals surface area contributed by atoms with Crippen LogP contribution in [0.3, 0.4) is 0 Å². The quantitative estimate of drug-likeness (QED) is 0.478. The van der Waals surface area contributed by atoms with Crippen molar-refractivity contribution >= 4 is 10.9 Å². The monoisotopic (exact) mass is 176 g/mol. The minimum atomic E-state index is 0.514. The molecule has 0 aliphatic heterocycles. The Balaban J connectivity index is 2.87. The molecule has 13 heavy (non-hydrogen) atoms. The largest absolute Gasteiger partial charge is 0.710 e. The third kappa shape index (κ3) is 1.16. The molecule has 1 aromatic carbocycles. The van der Waals surface area contributed by atoms with Crippen LogP contribution in [0.25, 0.3) is 10.9 Å². The zero-order valence-corrected chi connectivity index (χ0v) is 7.10. The topological polar surface area (TPSA) is 49.1 Å². The summed E-state index contributed by atoms with van der Waals surface area (Å²) in [6, 6.07) is 5.39. The average Bonchev–Trinajstić information content (AvgIpc) is 2.17. The number of hydrogen-bond donors (Lipinski definition) is 0. The van der Waals surface area contributed by atoms with Crippen molar-refractivity contribution in [1.29, 1.82) is 0 Å². The molecule has 0 spiro atoms. The first-order valence-electron chi connectivity index (χ1n) is 3.83. The van der Waals surface area contributed by atoms with Crippen LogP contribution < -0.4 is 9.47 Å². The second-order valence-electron chi connectivity index (χ2n) is 2.62. The lowest BCUT2D eigenvalue weighted by Crippen LogP contribution is -2.27. The maximum Gasteiger partial charge on any atom is 0.289 e. The summed E-state index contributed by atoms with van der Waals surface area (Å²) < 4.78 is 5.76. The van der Waals surface area contributed by atoms with E-state index in [2.05, 4.69) is 4.98 Å². The Bertz CT molecular complexity index is 437. The van der Waals surface area contributed by atoms with Gasteiger partial charge in [-0.25, -0.2) is 4.73 Å². The molecule has 0 aliphatic carbocycles. The van der Waals surface area contributed by atoms with E-state index < -0.39 is 0 Å². The highest BCUT2D eigenvalue weighted by Crippen LogP contribution is 2.20. The summed E-state index contributed by atoms with van der Waals surface area (Å²) in [7, 11) is 1.54. The summed E-state index contributed by atoms with van der Waals surface area (Å²) >= 11 is 0. The minimum Gasteiger partial charge on any atom is -0.710 e. The lowest BCUT2D eigenvalue weighted by atomic mass is 10.2. The van der Waals surface area contributed by atoms with E-state index in [4.69, 9.17) is 4.74 Å². The number of rotatable bonds is 1. The molecule has 66 valence electrons. The molecule has 0 atom stereocenters. The summed E-state index contributed by atoms with van der Waals surface area (Å²) in [4.78, 5) is 3.78. The van der Waals surface area contributed by atoms with E-state index in [0.29, 0.717) is 16.0 Å². The van der Waals surface area contributed by atoms with Gasteiger partial charge in [0.05, 0.1) is 12.5 Å². The van der Waals surface area contributed by atoms with Gasteiger partial charge in [-0.2, -0.15) is 0 Å². The molecule has 0 bridgehead atoms. The highest BCUT2D eigenvalue weighted by molar-refractivity contribution is 5.80. The van der Waals surface area contributed by atoms with Gasteiger partial charge in [0.1, 0.15) is 0 Å². The zero-order chi connectivity index (χ0) is 9.26. The van der Waals surface area contributed by atoms with Crippen molar-refractivity contribution < 1.29 is 9.47 Å². The Morgan fingerprint density at radius 1 is 1.46 bits per heavy atom. The molecule has 0 N–H and O–H groups in total. The predicted octanol–water partition coefficient (Wildman–Crippen LogP) is 0.877. The first-order chi connectivity index (χ1) is 6.33. The third-order valence-corrected chi connectivity index (χ3v) is 1.86. The van der Waals surface area contributed by atoms with Gasteiger partial charge in [-0.1, -0.05) is 11.1 Å². The van der Waals surface area contributed by atoms with E-state index in [0.717, 1.165) is 5.39 Å². The van der Waals surface area contributed by atoms with Crippen LogP contribution in [0.4, 0.5) is 0 Å². The van der Waals surface area contributed by atoms with E-state index in [1.807, 2.05) is 12.1 Å². The van der Waals surface area contributed by atoms with Crippen LogP contribution >= 0.6 is 0 Å². The van der Waals surface area contributed by atoms with Crippen LogP contribution in [0.15, 0.2) is 30.7 Å². The van der Waals surface area contributed by atoms with Gasteiger partial charge < -0.3 is 9.94 Å². The minimum absolute atomic E-state index is 0.514.